The molecule has 1 unspecified atom stereocenters. The van der Waals surface area contributed by atoms with E-state index in [2.05, 4.69) is 35.3 Å². The Morgan fingerprint density at radius 3 is 3.00 bits per heavy atom. The fraction of sp³-hybridized carbons (Fsp3) is 0.500. The van der Waals surface area contributed by atoms with E-state index in [1.807, 2.05) is 6.07 Å². The minimum atomic E-state index is -0.154. The van der Waals surface area contributed by atoms with Crippen LogP contribution in [-0.4, -0.2) is 38.8 Å². The van der Waals surface area contributed by atoms with Crippen molar-refractivity contribution < 1.29 is 9.53 Å². The van der Waals surface area contributed by atoms with Gasteiger partial charge in [-0.2, -0.15) is 0 Å². The van der Waals surface area contributed by atoms with Gasteiger partial charge in [-0.3, -0.25) is 4.79 Å². The van der Waals surface area contributed by atoms with Gasteiger partial charge in [-0.25, -0.2) is 0 Å². The normalized spacial score (nSPS) is 19.7. The zero-order chi connectivity index (χ0) is 13.0. The third-order valence-electron chi connectivity index (χ3n) is 3.35. The summed E-state index contributed by atoms with van der Waals surface area (Å²) >= 11 is 0. The molecule has 1 fully saturated rings. The van der Waals surface area contributed by atoms with E-state index in [1.165, 1.54) is 18.4 Å². The molecular formula is C14H20N2O2. The fourth-order valence-corrected chi connectivity index (χ4v) is 2.38. The van der Waals surface area contributed by atoms with Crippen LogP contribution < -0.4 is 10.2 Å². The number of piperazine rings is 1. The zero-order valence-electron chi connectivity index (χ0n) is 11.0. The first-order valence-corrected chi connectivity index (χ1v) is 6.31. The highest BCUT2D eigenvalue weighted by Gasteiger charge is 2.22. The summed E-state index contributed by atoms with van der Waals surface area (Å²) in [6.07, 6.45) is 0.429. The minimum absolute atomic E-state index is 0.154. The Kier molecular flexibility index (Phi) is 4.20. The first-order valence-electron chi connectivity index (χ1n) is 6.31. The lowest BCUT2D eigenvalue weighted by Gasteiger charge is -2.35. The van der Waals surface area contributed by atoms with Gasteiger partial charge in [-0.15, -0.1) is 0 Å². The smallest absolute Gasteiger partial charge is 0.307 e. The molecule has 4 nitrogen and oxygen atoms in total. The minimum Gasteiger partial charge on any atom is -0.469 e. The number of nitrogens with one attached hydrogen (secondary N) is 1. The summed E-state index contributed by atoms with van der Waals surface area (Å²) in [5.41, 5.74) is 2.53. The number of benzene rings is 1. The number of nitrogens with zero attached hydrogens (tertiary/aromatic N) is 1. The first kappa shape index (κ1) is 12.9. The lowest BCUT2D eigenvalue weighted by atomic mass is 10.1. The number of methoxy groups -OCH3 is 1. The Hall–Kier alpha value is -1.55. The van der Waals surface area contributed by atoms with Crippen LogP contribution >= 0.6 is 0 Å². The monoisotopic (exact) mass is 248 g/mol. The third-order valence-corrected chi connectivity index (χ3v) is 3.35. The molecule has 0 aromatic heterocycles. The summed E-state index contributed by atoms with van der Waals surface area (Å²) in [4.78, 5) is 13.6. The molecule has 98 valence electrons. The van der Waals surface area contributed by atoms with Gasteiger partial charge in [0.25, 0.3) is 0 Å². The second-order valence-corrected chi connectivity index (χ2v) is 4.66. The second kappa shape index (κ2) is 5.87. The molecule has 2 rings (SSSR count). The highest BCUT2D eigenvalue weighted by atomic mass is 16.5. The first-order chi connectivity index (χ1) is 8.70. The molecule has 0 radical (unpaired) electrons. The third kappa shape index (κ3) is 3.01. The van der Waals surface area contributed by atoms with Crippen LogP contribution in [0, 0.1) is 6.92 Å². The van der Waals surface area contributed by atoms with E-state index >= 15 is 0 Å². The van der Waals surface area contributed by atoms with Gasteiger partial charge < -0.3 is 15.0 Å². The zero-order valence-corrected chi connectivity index (χ0v) is 11.0. The molecule has 4 heteroatoms. The van der Waals surface area contributed by atoms with Crippen LogP contribution in [0.4, 0.5) is 5.69 Å². The van der Waals surface area contributed by atoms with Crippen LogP contribution in [0.5, 0.6) is 0 Å². The standard InChI is InChI=1S/C14H20N2O2/c1-11-5-3-4-6-13(11)16-8-7-15-12(10-16)9-14(17)18-2/h3-6,12,15H,7-10H2,1-2H3. The van der Waals surface area contributed by atoms with Gasteiger partial charge >= 0.3 is 5.97 Å². The molecule has 1 aliphatic heterocycles. The highest BCUT2D eigenvalue weighted by Crippen LogP contribution is 2.21. The van der Waals surface area contributed by atoms with Crippen LogP contribution in [0.25, 0.3) is 0 Å². The molecule has 1 aromatic rings. The second-order valence-electron chi connectivity index (χ2n) is 4.66. The summed E-state index contributed by atoms with van der Waals surface area (Å²) in [7, 11) is 1.43. The van der Waals surface area contributed by atoms with E-state index in [0.717, 1.165) is 19.6 Å². The predicted octanol–water partition coefficient (Wildman–Crippen LogP) is 1.34. The van der Waals surface area contributed by atoms with Crippen LogP contribution in [0.1, 0.15) is 12.0 Å². The van der Waals surface area contributed by atoms with Crippen molar-refractivity contribution in [3.05, 3.63) is 29.8 Å². The molecule has 1 heterocycles. The van der Waals surface area contributed by atoms with Crippen molar-refractivity contribution in [1.82, 2.24) is 5.32 Å². The summed E-state index contributed by atoms with van der Waals surface area (Å²) in [6, 6.07) is 8.53. The molecule has 1 N–H and O–H groups in total. The average molecular weight is 248 g/mol. The van der Waals surface area contributed by atoms with E-state index in [9.17, 15) is 4.79 Å². The number of carbonyl (C=O) groups is 1. The Bertz CT molecular complexity index is 420. The van der Waals surface area contributed by atoms with E-state index in [0.29, 0.717) is 6.42 Å². The molecule has 1 aliphatic rings. The Morgan fingerprint density at radius 2 is 2.28 bits per heavy atom. The fourth-order valence-electron chi connectivity index (χ4n) is 2.38. The molecule has 0 aliphatic carbocycles. The van der Waals surface area contributed by atoms with Crippen LogP contribution in [0.15, 0.2) is 24.3 Å². The van der Waals surface area contributed by atoms with Crippen molar-refractivity contribution in [3.63, 3.8) is 0 Å². The summed E-state index contributed by atoms with van der Waals surface area (Å²) in [6.45, 7) is 4.84. The van der Waals surface area contributed by atoms with Crippen molar-refractivity contribution in [2.75, 3.05) is 31.6 Å². The van der Waals surface area contributed by atoms with Gasteiger partial charge in [-0.05, 0) is 18.6 Å². The van der Waals surface area contributed by atoms with Crippen molar-refractivity contribution in [2.45, 2.75) is 19.4 Å². The predicted molar refractivity (Wildman–Crippen MR) is 71.8 cm³/mol. The summed E-state index contributed by atoms with van der Waals surface area (Å²) in [5.74, 6) is -0.154. The maximum atomic E-state index is 11.3. The maximum absolute atomic E-state index is 11.3. The summed E-state index contributed by atoms with van der Waals surface area (Å²) in [5, 5.41) is 3.36. The van der Waals surface area contributed by atoms with Gasteiger partial charge in [0.15, 0.2) is 0 Å². The Morgan fingerprint density at radius 1 is 1.50 bits per heavy atom. The number of rotatable bonds is 3. The van der Waals surface area contributed by atoms with Gasteiger partial charge in [0.2, 0.25) is 0 Å². The number of hydrogen-bond donors (Lipinski definition) is 1. The molecule has 18 heavy (non-hydrogen) atoms. The molecule has 0 bridgehead atoms. The number of carbonyl (C=O) groups excluding carboxylic acids is 1. The number of aryl methyl sites for hydroxylation is 1. The highest BCUT2D eigenvalue weighted by molar-refractivity contribution is 5.70. The number of esters is 1. The van der Waals surface area contributed by atoms with Gasteiger partial charge in [0.05, 0.1) is 13.5 Å². The Balaban J connectivity index is 2.03. The molecular weight excluding hydrogens is 228 g/mol. The number of ether oxygens (including phenoxy) is 1. The van der Waals surface area contributed by atoms with E-state index in [1.54, 1.807) is 0 Å². The Labute approximate surface area is 108 Å². The topological polar surface area (TPSA) is 41.6 Å². The van der Waals surface area contributed by atoms with Crippen LogP contribution in [0.3, 0.4) is 0 Å². The van der Waals surface area contributed by atoms with Crippen LogP contribution in [-0.2, 0) is 9.53 Å². The number of hydrogen-bond acceptors (Lipinski definition) is 4. The lowest BCUT2D eigenvalue weighted by molar-refractivity contribution is -0.141. The van der Waals surface area contributed by atoms with Crippen LogP contribution in [0.2, 0.25) is 0 Å². The van der Waals surface area contributed by atoms with Crippen molar-refractivity contribution >= 4 is 11.7 Å². The molecule has 1 saturated heterocycles. The van der Waals surface area contributed by atoms with Gasteiger partial charge in [-0.1, -0.05) is 18.2 Å². The number of para-hydroxylation sites is 1. The van der Waals surface area contributed by atoms with E-state index in [4.69, 9.17) is 4.74 Å². The average Bonchev–Trinajstić information content (AvgIpc) is 2.39. The molecule has 1 atom stereocenters. The molecule has 1 aromatic carbocycles. The van der Waals surface area contributed by atoms with E-state index in [-0.39, 0.29) is 12.0 Å². The molecule has 0 saturated carbocycles. The van der Waals surface area contributed by atoms with Crippen molar-refractivity contribution in [1.29, 1.82) is 0 Å². The SMILES string of the molecule is COC(=O)CC1CN(c2ccccc2C)CCN1. The van der Waals surface area contributed by atoms with Crippen molar-refractivity contribution in [3.8, 4) is 0 Å². The quantitative estimate of drug-likeness (QED) is 0.820. The van der Waals surface area contributed by atoms with Gasteiger partial charge in [0.1, 0.15) is 0 Å². The van der Waals surface area contributed by atoms with Gasteiger partial charge in [0, 0.05) is 31.4 Å². The van der Waals surface area contributed by atoms with E-state index < -0.39 is 0 Å². The molecule has 0 spiro atoms. The summed E-state index contributed by atoms with van der Waals surface area (Å²) < 4.78 is 4.72. The lowest BCUT2D eigenvalue weighted by Crippen LogP contribution is -2.51. The number of anilines is 1. The largest absolute Gasteiger partial charge is 0.469 e. The maximum Gasteiger partial charge on any atom is 0.307 e. The molecule has 0 amide bonds. The van der Waals surface area contributed by atoms with Crippen molar-refractivity contribution in [2.24, 2.45) is 0 Å².